The van der Waals surface area contributed by atoms with Gasteiger partial charge in [-0.25, -0.2) is 8.78 Å². The van der Waals surface area contributed by atoms with Crippen LogP contribution in [0.1, 0.15) is 5.56 Å². The number of hydrogen-bond donors (Lipinski definition) is 1. The number of halogens is 2. The molecule has 96 valence electrons. The van der Waals surface area contributed by atoms with E-state index in [1.165, 1.54) is 24.3 Å². The Kier molecular flexibility index (Phi) is 2.91. The van der Waals surface area contributed by atoms with Gasteiger partial charge in [-0.1, -0.05) is 6.07 Å². The largest absolute Gasteiger partial charge is 0.489 e. The number of aromatic nitrogens is 1. The molecule has 0 aliphatic carbocycles. The molecule has 0 fully saturated rings. The molecule has 0 saturated heterocycles. The molecule has 1 heterocycles. The first-order chi connectivity index (χ1) is 9.22. The van der Waals surface area contributed by atoms with Gasteiger partial charge in [0, 0.05) is 28.7 Å². The molecule has 0 spiro atoms. The lowest BCUT2D eigenvalue weighted by Gasteiger charge is -2.05. The standard InChI is InChI=1S/C15H11F2NO/c16-11-2-1-3-13(6-11)19-9-10-8-18-15-5-4-12(17)7-14(10)15/h1-8,18H,9H2. The molecular weight excluding hydrogens is 248 g/mol. The van der Waals surface area contributed by atoms with Crippen molar-refractivity contribution in [2.75, 3.05) is 0 Å². The maximum absolute atomic E-state index is 13.2. The van der Waals surface area contributed by atoms with Gasteiger partial charge in [0.15, 0.2) is 0 Å². The van der Waals surface area contributed by atoms with Crippen molar-refractivity contribution in [1.29, 1.82) is 0 Å². The van der Waals surface area contributed by atoms with Crippen LogP contribution < -0.4 is 4.74 Å². The summed E-state index contributed by atoms with van der Waals surface area (Å²) in [7, 11) is 0. The molecule has 4 heteroatoms. The van der Waals surface area contributed by atoms with Crippen LogP contribution in [-0.4, -0.2) is 4.98 Å². The van der Waals surface area contributed by atoms with Crippen molar-refractivity contribution < 1.29 is 13.5 Å². The number of ether oxygens (including phenoxy) is 1. The molecule has 0 aliphatic rings. The minimum atomic E-state index is -0.345. The summed E-state index contributed by atoms with van der Waals surface area (Å²) >= 11 is 0. The fraction of sp³-hybridized carbons (Fsp3) is 0.0667. The Balaban J connectivity index is 1.84. The van der Waals surface area contributed by atoms with Gasteiger partial charge in [0.2, 0.25) is 0 Å². The Labute approximate surface area is 108 Å². The van der Waals surface area contributed by atoms with E-state index in [1.807, 2.05) is 0 Å². The van der Waals surface area contributed by atoms with E-state index in [0.29, 0.717) is 5.75 Å². The number of benzene rings is 2. The lowest BCUT2D eigenvalue weighted by atomic mass is 10.2. The molecule has 3 aromatic rings. The molecule has 0 unspecified atom stereocenters. The van der Waals surface area contributed by atoms with Crippen LogP contribution in [0.15, 0.2) is 48.7 Å². The van der Waals surface area contributed by atoms with E-state index in [1.54, 1.807) is 24.4 Å². The molecular formula is C15H11F2NO. The molecule has 0 amide bonds. The van der Waals surface area contributed by atoms with Crippen molar-refractivity contribution >= 4 is 10.9 Å². The van der Waals surface area contributed by atoms with Crippen LogP contribution in [0, 0.1) is 11.6 Å². The maximum Gasteiger partial charge on any atom is 0.126 e. The van der Waals surface area contributed by atoms with Crippen LogP contribution in [0.2, 0.25) is 0 Å². The predicted molar refractivity (Wildman–Crippen MR) is 69.0 cm³/mol. The fourth-order valence-electron chi connectivity index (χ4n) is 1.99. The first-order valence-corrected chi connectivity index (χ1v) is 5.86. The summed E-state index contributed by atoms with van der Waals surface area (Å²) in [6.07, 6.45) is 1.77. The van der Waals surface area contributed by atoms with Crippen LogP contribution in [0.5, 0.6) is 5.75 Å². The number of aromatic amines is 1. The molecule has 2 aromatic carbocycles. The van der Waals surface area contributed by atoms with Gasteiger partial charge in [0.25, 0.3) is 0 Å². The summed E-state index contributed by atoms with van der Waals surface area (Å²) < 4.78 is 31.7. The van der Waals surface area contributed by atoms with Crippen LogP contribution in [0.4, 0.5) is 8.78 Å². The molecule has 0 aliphatic heterocycles. The van der Waals surface area contributed by atoms with Gasteiger partial charge in [-0.2, -0.15) is 0 Å². The molecule has 2 nitrogen and oxygen atoms in total. The van der Waals surface area contributed by atoms with E-state index >= 15 is 0 Å². The summed E-state index contributed by atoms with van der Waals surface area (Å²) in [5.41, 5.74) is 1.68. The van der Waals surface area contributed by atoms with Crippen LogP contribution in [0.3, 0.4) is 0 Å². The molecule has 1 N–H and O–H groups in total. The predicted octanol–water partition coefficient (Wildman–Crippen LogP) is 4.03. The van der Waals surface area contributed by atoms with Crippen molar-refractivity contribution in [3.8, 4) is 5.75 Å². The van der Waals surface area contributed by atoms with Crippen LogP contribution in [-0.2, 0) is 6.61 Å². The summed E-state index contributed by atoms with van der Waals surface area (Å²) in [6, 6.07) is 10.5. The average Bonchev–Trinajstić information content (AvgIpc) is 2.79. The van der Waals surface area contributed by atoms with Crippen LogP contribution in [0.25, 0.3) is 10.9 Å². The Morgan fingerprint density at radius 3 is 2.68 bits per heavy atom. The van der Waals surface area contributed by atoms with E-state index in [0.717, 1.165) is 16.5 Å². The van der Waals surface area contributed by atoms with E-state index in [9.17, 15) is 8.78 Å². The van der Waals surface area contributed by atoms with Gasteiger partial charge in [-0.3, -0.25) is 0 Å². The minimum Gasteiger partial charge on any atom is -0.489 e. The van der Waals surface area contributed by atoms with Crippen molar-refractivity contribution in [3.05, 3.63) is 65.9 Å². The Hall–Kier alpha value is -2.36. The zero-order chi connectivity index (χ0) is 13.2. The van der Waals surface area contributed by atoms with E-state index in [-0.39, 0.29) is 18.2 Å². The number of H-pyrrole nitrogens is 1. The zero-order valence-corrected chi connectivity index (χ0v) is 9.99. The zero-order valence-electron chi connectivity index (χ0n) is 9.99. The third kappa shape index (κ3) is 2.42. The highest BCUT2D eigenvalue weighted by molar-refractivity contribution is 5.83. The van der Waals surface area contributed by atoms with Crippen molar-refractivity contribution in [2.45, 2.75) is 6.61 Å². The summed E-state index contributed by atoms with van der Waals surface area (Å²) in [5.74, 6) is -0.188. The SMILES string of the molecule is Fc1cccc(OCc2c[nH]c3ccc(F)cc23)c1. The third-order valence-electron chi connectivity index (χ3n) is 2.92. The molecule has 0 radical (unpaired) electrons. The van der Waals surface area contributed by atoms with Gasteiger partial charge in [0.05, 0.1) is 0 Å². The molecule has 0 bridgehead atoms. The second-order valence-corrected chi connectivity index (χ2v) is 4.25. The topological polar surface area (TPSA) is 25.0 Å². The number of hydrogen-bond acceptors (Lipinski definition) is 1. The summed E-state index contributed by atoms with van der Waals surface area (Å²) in [6.45, 7) is 0.257. The van der Waals surface area contributed by atoms with Gasteiger partial charge < -0.3 is 9.72 Å². The smallest absolute Gasteiger partial charge is 0.126 e. The first-order valence-electron chi connectivity index (χ1n) is 5.86. The number of nitrogens with one attached hydrogen (secondary N) is 1. The van der Waals surface area contributed by atoms with E-state index in [4.69, 9.17) is 4.74 Å². The second-order valence-electron chi connectivity index (χ2n) is 4.25. The van der Waals surface area contributed by atoms with Crippen molar-refractivity contribution in [2.24, 2.45) is 0 Å². The van der Waals surface area contributed by atoms with Gasteiger partial charge in [0.1, 0.15) is 24.0 Å². The first kappa shape index (κ1) is 11.7. The summed E-state index contributed by atoms with van der Waals surface area (Å²) in [4.78, 5) is 3.04. The maximum atomic E-state index is 13.2. The van der Waals surface area contributed by atoms with Gasteiger partial charge in [-0.15, -0.1) is 0 Å². The highest BCUT2D eigenvalue weighted by atomic mass is 19.1. The number of fused-ring (bicyclic) bond motifs is 1. The lowest BCUT2D eigenvalue weighted by molar-refractivity contribution is 0.306. The third-order valence-corrected chi connectivity index (χ3v) is 2.92. The quantitative estimate of drug-likeness (QED) is 0.754. The molecule has 0 atom stereocenters. The lowest BCUT2D eigenvalue weighted by Crippen LogP contribution is -1.94. The van der Waals surface area contributed by atoms with E-state index < -0.39 is 0 Å². The van der Waals surface area contributed by atoms with E-state index in [2.05, 4.69) is 4.98 Å². The normalized spacial score (nSPS) is 10.8. The Morgan fingerprint density at radius 1 is 1.00 bits per heavy atom. The molecule has 0 saturated carbocycles. The molecule has 1 aromatic heterocycles. The second kappa shape index (κ2) is 4.72. The van der Waals surface area contributed by atoms with Crippen molar-refractivity contribution in [3.63, 3.8) is 0 Å². The highest BCUT2D eigenvalue weighted by Crippen LogP contribution is 2.21. The van der Waals surface area contributed by atoms with Crippen LogP contribution >= 0.6 is 0 Å². The minimum absolute atomic E-state index is 0.257. The Morgan fingerprint density at radius 2 is 1.84 bits per heavy atom. The van der Waals surface area contributed by atoms with Crippen molar-refractivity contribution in [1.82, 2.24) is 4.98 Å². The van der Waals surface area contributed by atoms with Gasteiger partial charge in [-0.05, 0) is 30.3 Å². The summed E-state index contributed by atoms with van der Waals surface area (Å²) in [5, 5.41) is 0.774. The fourth-order valence-corrected chi connectivity index (χ4v) is 1.99. The Bertz CT molecular complexity index is 721. The average molecular weight is 259 g/mol. The highest BCUT2D eigenvalue weighted by Gasteiger charge is 2.06. The van der Waals surface area contributed by atoms with Gasteiger partial charge >= 0.3 is 0 Å². The monoisotopic (exact) mass is 259 g/mol. The molecule has 3 rings (SSSR count). The number of rotatable bonds is 3. The molecule has 19 heavy (non-hydrogen) atoms.